The minimum atomic E-state index is -5.08. The number of hydrogen-bond donors (Lipinski definition) is 4. The molecule has 0 aromatic carbocycles. The van der Waals surface area contributed by atoms with Gasteiger partial charge in [0.1, 0.15) is 6.04 Å². The molecule has 10 heteroatoms. The van der Waals surface area contributed by atoms with Crippen LogP contribution in [0.5, 0.6) is 0 Å². The summed E-state index contributed by atoms with van der Waals surface area (Å²) in [4.78, 5) is 31.6. The molecule has 3 atom stereocenters. The zero-order valence-corrected chi connectivity index (χ0v) is 14.1. The summed E-state index contributed by atoms with van der Waals surface area (Å²) in [7, 11) is 0. The van der Waals surface area contributed by atoms with Crippen LogP contribution < -0.4 is 11.1 Å². The van der Waals surface area contributed by atoms with Gasteiger partial charge >= 0.3 is 18.1 Å². The molecular formula is C14H25F3N2O5. The predicted molar refractivity (Wildman–Crippen MR) is 80.1 cm³/mol. The molecule has 0 aliphatic carbocycles. The Kier molecular flexibility index (Phi) is 11.0. The van der Waals surface area contributed by atoms with Gasteiger partial charge in [-0.25, -0.2) is 9.59 Å². The number of carbonyl (C=O) groups excluding carboxylic acids is 1. The maximum Gasteiger partial charge on any atom is 0.490 e. The van der Waals surface area contributed by atoms with Gasteiger partial charge in [-0.1, -0.05) is 34.1 Å². The molecule has 0 rings (SSSR count). The molecule has 0 spiro atoms. The summed E-state index contributed by atoms with van der Waals surface area (Å²) in [5, 5.41) is 18.7. The van der Waals surface area contributed by atoms with Crippen molar-refractivity contribution in [2.24, 2.45) is 17.6 Å². The second-order valence-corrected chi connectivity index (χ2v) is 5.75. The van der Waals surface area contributed by atoms with Crippen LogP contribution in [0.25, 0.3) is 0 Å². The van der Waals surface area contributed by atoms with E-state index < -0.39 is 30.2 Å². The monoisotopic (exact) mass is 365 g/mol. The Morgan fingerprint density at radius 2 is 1.54 bits per heavy atom. The number of halogens is 3. The van der Waals surface area contributed by atoms with Crippen LogP contribution in [-0.4, -0.2) is 46.3 Å². The average Bonchev–Trinajstić information content (AvgIpc) is 2.42. The van der Waals surface area contributed by atoms with E-state index in [0.29, 0.717) is 18.8 Å². The van der Waals surface area contributed by atoms with Gasteiger partial charge in [0.05, 0.1) is 6.04 Å². The van der Waals surface area contributed by atoms with Gasteiger partial charge in [-0.15, -0.1) is 0 Å². The Labute approximate surface area is 138 Å². The molecule has 1 amide bonds. The lowest BCUT2D eigenvalue weighted by atomic mass is 10.00. The number of aliphatic carboxylic acids is 2. The molecule has 0 radical (unpaired) electrons. The third-order valence-corrected chi connectivity index (χ3v) is 3.08. The summed E-state index contributed by atoms with van der Waals surface area (Å²) < 4.78 is 31.7. The van der Waals surface area contributed by atoms with Crippen LogP contribution in [0, 0.1) is 11.8 Å². The first kappa shape index (κ1) is 24.4. The summed E-state index contributed by atoms with van der Waals surface area (Å²) in [6.07, 6.45) is -3.84. The number of amides is 1. The van der Waals surface area contributed by atoms with Gasteiger partial charge in [0.25, 0.3) is 0 Å². The van der Waals surface area contributed by atoms with E-state index in [0.717, 1.165) is 0 Å². The lowest BCUT2D eigenvalue weighted by Crippen LogP contribution is -2.51. The molecule has 7 nitrogen and oxygen atoms in total. The highest BCUT2D eigenvalue weighted by Gasteiger charge is 2.38. The number of carboxylic acids is 2. The normalized spacial score (nSPS) is 14.9. The van der Waals surface area contributed by atoms with Crippen molar-refractivity contribution >= 4 is 17.8 Å². The van der Waals surface area contributed by atoms with Crippen molar-refractivity contribution in [1.29, 1.82) is 0 Å². The van der Waals surface area contributed by atoms with Crippen LogP contribution in [-0.2, 0) is 14.4 Å². The molecule has 0 bridgehead atoms. The smallest absolute Gasteiger partial charge is 0.480 e. The van der Waals surface area contributed by atoms with Crippen molar-refractivity contribution in [1.82, 2.24) is 5.32 Å². The van der Waals surface area contributed by atoms with Crippen molar-refractivity contribution in [2.75, 3.05) is 0 Å². The van der Waals surface area contributed by atoms with Crippen molar-refractivity contribution in [3.8, 4) is 0 Å². The van der Waals surface area contributed by atoms with Gasteiger partial charge in [0.2, 0.25) is 5.91 Å². The molecular weight excluding hydrogens is 340 g/mol. The molecule has 0 fully saturated rings. The van der Waals surface area contributed by atoms with E-state index in [1.165, 1.54) is 0 Å². The summed E-state index contributed by atoms with van der Waals surface area (Å²) in [5.41, 5.74) is 5.70. The van der Waals surface area contributed by atoms with E-state index >= 15 is 0 Å². The van der Waals surface area contributed by atoms with Gasteiger partial charge in [-0.2, -0.15) is 13.2 Å². The standard InChI is InChI=1S/C12H24N2O3.C2HF3O2/c1-5-8(4)10(12(16)17)14-11(15)9(13)6-7(2)3;3-2(4,5)1(6)7/h7-10H,5-6,13H2,1-4H3,(H,14,15)(H,16,17);(H,6,7)/t8-,9-,10-;/m0./s1/i2+1,3+1,6+1,7+1,9+1,11+1,13+1;. The minimum absolute atomic E-state index is 0.109. The molecule has 0 saturated carbocycles. The minimum Gasteiger partial charge on any atom is -0.480 e. The van der Waals surface area contributed by atoms with Crippen molar-refractivity contribution < 1.29 is 37.8 Å². The van der Waals surface area contributed by atoms with Crippen LogP contribution in [0.15, 0.2) is 0 Å². The molecule has 0 unspecified atom stereocenters. The highest BCUT2D eigenvalue weighted by atomic mass is 19.4. The second kappa shape index (κ2) is 10.8. The quantitative estimate of drug-likeness (QED) is 0.401. The van der Waals surface area contributed by atoms with Gasteiger partial charge < -0.3 is 21.3 Å². The fourth-order valence-corrected chi connectivity index (χ4v) is 1.56. The van der Waals surface area contributed by atoms with E-state index in [4.69, 9.17) is 20.7 Å². The zero-order chi connectivity index (χ0) is 19.7. The maximum atomic E-state index is 11.7. The topological polar surface area (TPSA) is 130 Å². The molecule has 5 N–H and O–H groups in total. The van der Waals surface area contributed by atoms with Crippen LogP contribution in [0.3, 0.4) is 0 Å². The van der Waals surface area contributed by atoms with Crippen molar-refractivity contribution in [3.63, 3.8) is 0 Å². The molecule has 0 heterocycles. The Morgan fingerprint density at radius 1 is 1.12 bits per heavy atom. The van der Waals surface area contributed by atoms with Gasteiger partial charge in [0.15, 0.2) is 0 Å². The number of hydrogen-bond acceptors (Lipinski definition) is 4. The van der Waals surface area contributed by atoms with Gasteiger partial charge in [0, 0.05) is 0 Å². The number of carboxylic acid groups (broad SMARTS) is 2. The third kappa shape index (κ3) is 10.8. The summed E-state index contributed by atoms with van der Waals surface area (Å²) in [5.74, 6) is -3.95. The molecule has 0 aromatic rings. The summed E-state index contributed by atoms with van der Waals surface area (Å²) in [6, 6.07) is -1.49. The molecule has 0 aromatic heterocycles. The first-order chi connectivity index (χ1) is 10.7. The fraction of sp³-hybridized carbons (Fsp3) is 0.786. The highest BCUT2D eigenvalue weighted by molar-refractivity contribution is 5.86. The predicted octanol–water partition coefficient (Wildman–Crippen LogP) is 1.61. The van der Waals surface area contributed by atoms with E-state index in [1.807, 2.05) is 20.8 Å². The highest BCUT2D eigenvalue weighted by Crippen LogP contribution is 2.13. The van der Waals surface area contributed by atoms with Crippen LogP contribution in [0.1, 0.15) is 40.5 Å². The molecule has 0 saturated heterocycles. The Morgan fingerprint density at radius 3 is 1.79 bits per heavy atom. The number of rotatable bonds is 7. The first-order valence-corrected chi connectivity index (χ1v) is 7.32. The summed E-state index contributed by atoms with van der Waals surface area (Å²) >= 11 is 0. The van der Waals surface area contributed by atoms with E-state index in [9.17, 15) is 22.8 Å². The van der Waals surface area contributed by atoms with Crippen LogP contribution in [0.4, 0.5) is 13.2 Å². The average molecular weight is 365 g/mol. The maximum absolute atomic E-state index is 11.7. The number of alkyl halides is 3. The molecule has 0 aliphatic rings. The van der Waals surface area contributed by atoms with Crippen molar-refractivity contribution in [2.45, 2.75) is 58.8 Å². The zero-order valence-electron chi connectivity index (χ0n) is 14.1. The lowest BCUT2D eigenvalue weighted by molar-refractivity contribution is -0.192. The molecule has 24 heavy (non-hydrogen) atoms. The van der Waals surface area contributed by atoms with Gasteiger partial charge in [-0.05, 0) is 18.3 Å². The lowest BCUT2D eigenvalue weighted by Gasteiger charge is -2.22. The number of nitrogens with two attached hydrogens (primary N) is 1. The Hall–Kier alpha value is -1.84. The van der Waals surface area contributed by atoms with Crippen molar-refractivity contribution in [3.05, 3.63) is 0 Å². The van der Waals surface area contributed by atoms with Gasteiger partial charge in [-0.3, -0.25) is 4.79 Å². The van der Waals surface area contributed by atoms with Crippen LogP contribution >= 0.6 is 0 Å². The number of carbonyl (C=O) groups is 3. The largest absolute Gasteiger partial charge is 0.490 e. The Bertz CT molecular complexity index is 427. The summed E-state index contributed by atoms with van der Waals surface area (Å²) in [6.45, 7) is 7.63. The third-order valence-electron chi connectivity index (χ3n) is 3.08. The van der Waals surface area contributed by atoms with E-state index in [1.54, 1.807) is 6.92 Å². The van der Waals surface area contributed by atoms with E-state index in [2.05, 4.69) is 5.32 Å². The van der Waals surface area contributed by atoms with Crippen LogP contribution in [0.2, 0.25) is 0 Å². The second-order valence-electron chi connectivity index (χ2n) is 5.75. The number of nitrogens with one attached hydrogen (secondary N) is 1. The SMILES string of the molecule is CC[C@H](C)[C@H](N[13C](=O)[13C@@H]([15NH2])[13CH2][13CH]([13CH3])[13CH3])C(=O)O.O=C(O)C(F)(F)F. The molecule has 142 valence electrons. The Balaban J connectivity index is 0. The first-order valence-electron chi connectivity index (χ1n) is 7.32. The van der Waals surface area contributed by atoms with E-state index in [-0.39, 0.29) is 11.8 Å². The molecule has 0 aliphatic heterocycles. The fourth-order valence-electron chi connectivity index (χ4n) is 1.56.